The minimum atomic E-state index is -0.829. The van der Waals surface area contributed by atoms with Crippen LogP contribution in [0.1, 0.15) is 25.6 Å². The van der Waals surface area contributed by atoms with Gasteiger partial charge in [-0.1, -0.05) is 42.5 Å². The zero-order chi connectivity index (χ0) is 22.8. The van der Waals surface area contributed by atoms with Gasteiger partial charge in [-0.3, -0.25) is 4.98 Å². The predicted octanol–water partition coefficient (Wildman–Crippen LogP) is 5.18. The predicted molar refractivity (Wildman–Crippen MR) is 128 cm³/mol. The third-order valence-corrected chi connectivity index (χ3v) is 6.52. The fraction of sp³-hybridized carbons (Fsp3) is 0.346. The Labute approximate surface area is 192 Å². The maximum absolute atomic E-state index is 11.3. The number of benzene rings is 2. The number of carboxylic acid groups (broad SMARTS) is 1. The molecule has 33 heavy (non-hydrogen) atoms. The number of ether oxygens (including phenoxy) is 1. The van der Waals surface area contributed by atoms with Gasteiger partial charge in [-0.15, -0.1) is 0 Å². The number of carbonyl (C=O) groups is 1. The average Bonchev–Trinajstić information content (AvgIpc) is 3.20. The van der Waals surface area contributed by atoms with Gasteiger partial charge in [0.2, 0.25) is 0 Å². The van der Waals surface area contributed by atoms with E-state index < -0.39 is 6.09 Å². The molecule has 2 aromatic carbocycles. The lowest BCUT2D eigenvalue weighted by Gasteiger charge is -2.30. The van der Waals surface area contributed by atoms with E-state index >= 15 is 0 Å². The minimum absolute atomic E-state index is 0.394. The quantitative estimate of drug-likeness (QED) is 0.443. The fourth-order valence-corrected chi connectivity index (χ4v) is 4.74. The molecule has 7 heteroatoms. The number of pyridine rings is 1. The zero-order valence-corrected chi connectivity index (χ0v) is 18.8. The Balaban J connectivity index is 1.54. The number of fused-ring (bicyclic) bond motifs is 3. The number of aromatic nitrogens is 3. The third kappa shape index (κ3) is 4.28. The molecular weight excluding hydrogens is 416 g/mol. The molecule has 2 aromatic heterocycles. The molecule has 1 aliphatic heterocycles. The van der Waals surface area contributed by atoms with Gasteiger partial charge in [0.05, 0.1) is 17.2 Å². The van der Waals surface area contributed by atoms with Crippen LogP contribution in [-0.4, -0.2) is 50.3 Å². The minimum Gasteiger partial charge on any atom is -0.465 e. The monoisotopic (exact) mass is 444 g/mol. The van der Waals surface area contributed by atoms with Gasteiger partial charge < -0.3 is 19.3 Å². The molecule has 3 heterocycles. The number of amides is 1. The first-order valence-electron chi connectivity index (χ1n) is 11.5. The average molecular weight is 445 g/mol. The number of nitrogens with zero attached hydrogens (tertiary/aromatic N) is 4. The number of rotatable bonds is 6. The van der Waals surface area contributed by atoms with Crippen molar-refractivity contribution in [1.82, 2.24) is 19.4 Å². The number of likely N-dealkylation sites (tertiary alicyclic amines) is 1. The molecule has 170 valence electrons. The van der Waals surface area contributed by atoms with Crippen LogP contribution in [0, 0.1) is 5.92 Å². The highest BCUT2D eigenvalue weighted by Crippen LogP contribution is 2.31. The molecule has 1 aliphatic rings. The van der Waals surface area contributed by atoms with E-state index in [1.807, 2.05) is 31.3 Å². The van der Waals surface area contributed by atoms with E-state index in [9.17, 15) is 9.90 Å². The molecule has 0 saturated carbocycles. The molecule has 0 aliphatic carbocycles. The summed E-state index contributed by atoms with van der Waals surface area (Å²) in [5, 5.41) is 10.3. The summed E-state index contributed by atoms with van der Waals surface area (Å²) in [7, 11) is 0. The van der Waals surface area contributed by atoms with E-state index in [0.29, 0.717) is 32.2 Å². The van der Waals surface area contributed by atoms with Crippen LogP contribution < -0.4 is 0 Å². The summed E-state index contributed by atoms with van der Waals surface area (Å²) in [5.74, 6) is 1.29. The van der Waals surface area contributed by atoms with Crippen LogP contribution in [0.2, 0.25) is 0 Å². The van der Waals surface area contributed by atoms with Gasteiger partial charge in [0, 0.05) is 31.6 Å². The highest BCUT2D eigenvalue weighted by molar-refractivity contribution is 6.03. The lowest BCUT2D eigenvalue weighted by atomic mass is 9.96. The summed E-state index contributed by atoms with van der Waals surface area (Å²) in [6.07, 6.45) is 2.72. The van der Waals surface area contributed by atoms with Crippen molar-refractivity contribution in [3.8, 4) is 11.1 Å². The number of piperidine rings is 1. The van der Waals surface area contributed by atoms with Crippen LogP contribution in [-0.2, 0) is 17.9 Å². The van der Waals surface area contributed by atoms with Crippen molar-refractivity contribution < 1.29 is 14.6 Å². The topological polar surface area (TPSA) is 80.5 Å². The van der Waals surface area contributed by atoms with Crippen LogP contribution >= 0.6 is 0 Å². The first kappa shape index (κ1) is 21.4. The SMILES string of the molecule is CCOCc1nc2cnc3cc(-c4ccccc4)ccc3c2n1CC1CCN(C(=O)O)CC1. The van der Waals surface area contributed by atoms with Gasteiger partial charge in [-0.05, 0) is 42.9 Å². The molecule has 0 bridgehead atoms. The number of imidazole rings is 1. The van der Waals surface area contributed by atoms with Gasteiger partial charge in [0.1, 0.15) is 17.9 Å². The molecule has 7 nitrogen and oxygen atoms in total. The van der Waals surface area contributed by atoms with Crippen LogP contribution in [0.4, 0.5) is 4.79 Å². The normalized spacial score (nSPS) is 14.9. The van der Waals surface area contributed by atoms with E-state index in [2.05, 4.69) is 34.9 Å². The Morgan fingerprint density at radius 3 is 2.61 bits per heavy atom. The Morgan fingerprint density at radius 2 is 1.88 bits per heavy atom. The summed E-state index contributed by atoms with van der Waals surface area (Å²) in [6.45, 7) is 5.01. The van der Waals surface area contributed by atoms with Gasteiger partial charge in [0.15, 0.2) is 0 Å². The summed E-state index contributed by atoms with van der Waals surface area (Å²) in [6, 6.07) is 16.7. The second kappa shape index (κ2) is 9.19. The van der Waals surface area contributed by atoms with Crippen molar-refractivity contribution in [2.45, 2.75) is 32.9 Å². The molecule has 0 radical (unpaired) electrons. The molecule has 1 amide bonds. The summed E-state index contributed by atoms with van der Waals surface area (Å²) in [4.78, 5) is 22.4. The summed E-state index contributed by atoms with van der Waals surface area (Å²) in [5.41, 5.74) is 5.19. The Bertz CT molecular complexity index is 1280. The smallest absolute Gasteiger partial charge is 0.407 e. The number of hydrogen-bond acceptors (Lipinski definition) is 4. The van der Waals surface area contributed by atoms with E-state index in [1.54, 1.807) is 0 Å². The van der Waals surface area contributed by atoms with Crippen LogP contribution in [0.3, 0.4) is 0 Å². The van der Waals surface area contributed by atoms with Crippen LogP contribution in [0.25, 0.3) is 33.1 Å². The van der Waals surface area contributed by atoms with E-state index in [1.165, 1.54) is 4.90 Å². The van der Waals surface area contributed by atoms with E-state index in [0.717, 1.165) is 58.3 Å². The van der Waals surface area contributed by atoms with Crippen molar-refractivity contribution in [1.29, 1.82) is 0 Å². The highest BCUT2D eigenvalue weighted by Gasteiger charge is 2.24. The van der Waals surface area contributed by atoms with Gasteiger partial charge >= 0.3 is 6.09 Å². The van der Waals surface area contributed by atoms with Crippen molar-refractivity contribution in [2.24, 2.45) is 5.92 Å². The standard InChI is InChI=1S/C26H28N4O3/c1-2-33-17-24-28-23-15-27-22-14-20(19-6-4-3-5-7-19)8-9-21(22)25(23)30(24)16-18-10-12-29(13-11-18)26(31)32/h3-9,14-15,18H,2,10-13,16-17H2,1H3,(H,31,32). The molecule has 5 rings (SSSR count). The van der Waals surface area contributed by atoms with E-state index in [-0.39, 0.29) is 0 Å². The highest BCUT2D eigenvalue weighted by atomic mass is 16.5. The van der Waals surface area contributed by atoms with Crippen molar-refractivity contribution >= 4 is 28.0 Å². The van der Waals surface area contributed by atoms with Gasteiger partial charge in [-0.2, -0.15) is 0 Å². The second-order valence-corrected chi connectivity index (χ2v) is 8.58. The second-order valence-electron chi connectivity index (χ2n) is 8.58. The number of hydrogen-bond donors (Lipinski definition) is 1. The van der Waals surface area contributed by atoms with Crippen molar-refractivity contribution in [3.63, 3.8) is 0 Å². The molecular formula is C26H28N4O3. The molecule has 4 aromatic rings. The Kier molecular flexibility index (Phi) is 5.96. The van der Waals surface area contributed by atoms with Gasteiger partial charge in [-0.25, -0.2) is 9.78 Å². The lowest BCUT2D eigenvalue weighted by Crippen LogP contribution is -2.38. The summed E-state index contributed by atoms with van der Waals surface area (Å²) >= 11 is 0. The third-order valence-electron chi connectivity index (χ3n) is 6.52. The Hall–Kier alpha value is -3.45. The molecule has 0 unspecified atom stereocenters. The maximum Gasteiger partial charge on any atom is 0.407 e. The van der Waals surface area contributed by atoms with Crippen molar-refractivity contribution in [3.05, 3.63) is 60.6 Å². The largest absolute Gasteiger partial charge is 0.465 e. The first-order chi connectivity index (χ1) is 16.1. The molecule has 0 atom stereocenters. The molecule has 1 saturated heterocycles. The van der Waals surface area contributed by atoms with Crippen LogP contribution in [0.5, 0.6) is 0 Å². The fourth-order valence-electron chi connectivity index (χ4n) is 4.74. The molecule has 0 spiro atoms. The summed E-state index contributed by atoms with van der Waals surface area (Å²) < 4.78 is 8.00. The van der Waals surface area contributed by atoms with Gasteiger partial charge in [0.25, 0.3) is 0 Å². The van der Waals surface area contributed by atoms with Crippen molar-refractivity contribution in [2.75, 3.05) is 19.7 Å². The maximum atomic E-state index is 11.3. The first-order valence-corrected chi connectivity index (χ1v) is 11.5. The Morgan fingerprint density at radius 1 is 1.09 bits per heavy atom. The lowest BCUT2D eigenvalue weighted by molar-refractivity contribution is 0.116. The molecule has 1 N–H and O–H groups in total. The van der Waals surface area contributed by atoms with Crippen LogP contribution in [0.15, 0.2) is 54.7 Å². The zero-order valence-electron chi connectivity index (χ0n) is 18.8. The molecule has 1 fully saturated rings. The van der Waals surface area contributed by atoms with E-state index in [4.69, 9.17) is 14.7 Å².